The van der Waals surface area contributed by atoms with Gasteiger partial charge >= 0.3 is 24.7 Å². The molecule has 0 aliphatic heterocycles. The molecule has 0 nitrogen and oxygen atoms in total. The second kappa shape index (κ2) is 9.15. The van der Waals surface area contributed by atoms with E-state index in [1.165, 1.54) is 48.5 Å². The van der Waals surface area contributed by atoms with Gasteiger partial charge in [-0.1, -0.05) is 60.7 Å². The quantitative estimate of drug-likeness (QED) is 0.188. The molecule has 0 saturated carbocycles. The molecule has 4 aliphatic rings. The minimum atomic E-state index is -5.51. The van der Waals surface area contributed by atoms with E-state index in [1.54, 1.807) is 0 Å². The van der Waals surface area contributed by atoms with Gasteiger partial charge in [0, 0.05) is 23.3 Å². The predicted molar refractivity (Wildman–Crippen MR) is 132 cm³/mol. The summed E-state index contributed by atoms with van der Waals surface area (Å²) in [6, 6.07) is 12.8. The maximum atomic E-state index is 14.5. The Bertz CT molecular complexity index is 1710. The van der Waals surface area contributed by atoms with E-state index in [9.17, 15) is 52.7 Å². The lowest BCUT2D eigenvalue weighted by molar-refractivity contribution is -0.121. The van der Waals surface area contributed by atoms with E-state index in [-0.39, 0.29) is 57.9 Å². The van der Waals surface area contributed by atoms with Gasteiger partial charge in [0.2, 0.25) is 0 Å². The summed E-state index contributed by atoms with van der Waals surface area (Å²) in [5, 5.41) is 0. The second-order valence-corrected chi connectivity index (χ2v) is 10.8. The highest BCUT2D eigenvalue weighted by Gasteiger charge is 2.59. The number of hydrogen-bond donors (Lipinski definition) is 0. The molecular weight excluding hydrogens is 600 g/mol. The van der Waals surface area contributed by atoms with Crippen molar-refractivity contribution < 1.29 is 52.7 Å². The Labute approximate surface area is 236 Å². The van der Waals surface area contributed by atoms with Crippen LogP contribution in [0.5, 0.6) is 0 Å². The number of hydrogen-bond acceptors (Lipinski definition) is 0. The second-order valence-electron chi connectivity index (χ2n) is 10.8. The van der Waals surface area contributed by atoms with E-state index in [1.807, 2.05) is 0 Å². The summed E-state index contributed by atoms with van der Waals surface area (Å²) in [5.74, 6) is -6.05. The van der Waals surface area contributed by atoms with Crippen molar-refractivity contribution in [2.75, 3.05) is 0 Å². The minimum Gasteiger partial charge on any atom is -0.166 e. The molecule has 3 aromatic carbocycles. The zero-order valence-corrected chi connectivity index (χ0v) is 21.7. The maximum Gasteiger partial charge on any atom is 0.413 e. The maximum absolute atomic E-state index is 14.5. The number of rotatable bonds is 1. The molecule has 43 heavy (non-hydrogen) atoms. The monoisotopic (exact) mass is 618 g/mol. The van der Waals surface area contributed by atoms with Crippen LogP contribution in [0.15, 0.2) is 83.0 Å². The van der Waals surface area contributed by atoms with Crippen LogP contribution in [-0.4, -0.2) is 24.7 Å². The van der Waals surface area contributed by atoms with Crippen molar-refractivity contribution in [2.45, 2.75) is 55.8 Å². The summed E-state index contributed by atoms with van der Waals surface area (Å²) in [6.07, 6.45) is -21.9. The van der Waals surface area contributed by atoms with Gasteiger partial charge < -0.3 is 0 Å². The van der Waals surface area contributed by atoms with Crippen LogP contribution in [0, 0.1) is 0 Å². The van der Waals surface area contributed by atoms with Crippen LogP contribution in [0.4, 0.5) is 52.7 Å². The molecular formula is C31H18F12. The number of alkyl halides is 12. The first-order valence-electron chi connectivity index (χ1n) is 12.9. The molecule has 0 spiro atoms. The Morgan fingerprint density at radius 1 is 0.535 bits per heavy atom. The summed E-state index contributed by atoms with van der Waals surface area (Å²) in [5.41, 5.74) is -8.31. The fourth-order valence-corrected chi connectivity index (χ4v) is 6.96. The molecule has 3 unspecified atom stereocenters. The van der Waals surface area contributed by atoms with Gasteiger partial charge in [0.05, 0.1) is 16.7 Å². The Kier molecular flexibility index (Phi) is 6.25. The molecule has 4 aliphatic carbocycles. The molecule has 0 fully saturated rings. The molecule has 0 heterocycles. The topological polar surface area (TPSA) is 0 Å². The van der Waals surface area contributed by atoms with Crippen molar-refractivity contribution in [3.8, 4) is 0 Å². The fraction of sp³-hybridized carbons (Fsp3) is 0.290. The van der Waals surface area contributed by atoms with Crippen LogP contribution in [0.3, 0.4) is 0 Å². The van der Waals surface area contributed by atoms with E-state index in [0.717, 1.165) is 12.1 Å². The van der Waals surface area contributed by atoms with Gasteiger partial charge in [-0.2, -0.15) is 52.7 Å². The zero-order chi connectivity index (χ0) is 31.4. The minimum absolute atomic E-state index is 0.0132. The molecule has 7 rings (SSSR count). The number of benzene rings is 3. The zero-order valence-electron chi connectivity index (χ0n) is 21.7. The number of halogens is 12. The molecule has 0 aromatic heterocycles. The Balaban J connectivity index is 1.70. The standard InChI is InChI=1S/C31H18F12/c1-13(28(32,33)34)25(29(35,36)37)22-16-7-3-2-6-14(16)10-15-11-20-21(12-19(15)22)24-18-9-5-4-8-17(18)23(20)26(30(38,39)40)27(24)31(41,42)43/h2-9,11-12,22-24H,10H2,1H3/b25-13-. The van der Waals surface area contributed by atoms with Crippen LogP contribution in [0.1, 0.15) is 69.2 Å². The Morgan fingerprint density at radius 2 is 1.00 bits per heavy atom. The fourth-order valence-electron chi connectivity index (χ4n) is 6.96. The third kappa shape index (κ3) is 4.47. The number of fused-ring (bicyclic) bond motifs is 2. The third-order valence-corrected chi connectivity index (χ3v) is 8.54. The predicted octanol–water partition coefficient (Wildman–Crippen LogP) is 10.2. The lowest BCUT2D eigenvalue weighted by atomic mass is 9.59. The summed E-state index contributed by atoms with van der Waals surface area (Å²) in [7, 11) is 0. The molecule has 2 bridgehead atoms. The van der Waals surface area contributed by atoms with E-state index < -0.39 is 64.8 Å². The van der Waals surface area contributed by atoms with Crippen LogP contribution in [-0.2, 0) is 6.42 Å². The van der Waals surface area contributed by atoms with Crippen molar-refractivity contribution >= 4 is 0 Å². The van der Waals surface area contributed by atoms with Gasteiger partial charge in [0.15, 0.2) is 0 Å². The van der Waals surface area contributed by atoms with Crippen LogP contribution in [0.2, 0.25) is 0 Å². The molecule has 12 heteroatoms. The third-order valence-electron chi connectivity index (χ3n) is 8.54. The van der Waals surface area contributed by atoms with E-state index in [4.69, 9.17) is 0 Å². The van der Waals surface area contributed by atoms with Gasteiger partial charge in [-0.25, -0.2) is 0 Å². The first-order chi connectivity index (χ1) is 19.8. The molecule has 3 atom stereocenters. The lowest BCUT2D eigenvalue weighted by Gasteiger charge is -2.45. The Hall–Kier alpha value is -3.70. The van der Waals surface area contributed by atoms with Crippen LogP contribution in [0.25, 0.3) is 0 Å². The van der Waals surface area contributed by atoms with Crippen molar-refractivity contribution in [1.82, 2.24) is 0 Å². The average Bonchev–Trinajstić information content (AvgIpc) is 2.89. The highest BCUT2D eigenvalue weighted by Crippen LogP contribution is 2.63. The number of allylic oxidation sites excluding steroid dienone is 4. The average molecular weight is 618 g/mol. The van der Waals surface area contributed by atoms with E-state index in [2.05, 4.69) is 0 Å². The van der Waals surface area contributed by atoms with E-state index >= 15 is 0 Å². The molecule has 0 amide bonds. The van der Waals surface area contributed by atoms with Crippen molar-refractivity contribution in [3.05, 3.63) is 127 Å². The van der Waals surface area contributed by atoms with Crippen molar-refractivity contribution in [2.24, 2.45) is 0 Å². The highest BCUT2D eigenvalue weighted by atomic mass is 19.4. The van der Waals surface area contributed by atoms with Gasteiger partial charge in [0.1, 0.15) is 0 Å². The van der Waals surface area contributed by atoms with Crippen LogP contribution >= 0.6 is 0 Å². The lowest BCUT2D eigenvalue weighted by Crippen LogP contribution is -2.39. The van der Waals surface area contributed by atoms with Gasteiger partial charge in [-0.05, 0) is 57.9 Å². The summed E-state index contributed by atoms with van der Waals surface area (Å²) in [6.45, 7) is 0.288. The smallest absolute Gasteiger partial charge is 0.166 e. The largest absolute Gasteiger partial charge is 0.413 e. The normalized spacial score (nSPS) is 22.0. The summed E-state index contributed by atoms with van der Waals surface area (Å²) in [4.78, 5) is 0. The molecule has 0 radical (unpaired) electrons. The van der Waals surface area contributed by atoms with Gasteiger partial charge in [-0.3, -0.25) is 0 Å². The molecule has 3 aromatic rings. The highest BCUT2D eigenvalue weighted by molar-refractivity contribution is 5.70. The molecule has 226 valence electrons. The van der Waals surface area contributed by atoms with Gasteiger partial charge in [0.25, 0.3) is 0 Å². The van der Waals surface area contributed by atoms with Gasteiger partial charge in [-0.15, -0.1) is 0 Å². The van der Waals surface area contributed by atoms with E-state index in [0.29, 0.717) is 0 Å². The first kappa shape index (κ1) is 29.4. The van der Waals surface area contributed by atoms with Crippen LogP contribution < -0.4 is 0 Å². The molecule has 0 N–H and O–H groups in total. The van der Waals surface area contributed by atoms with Crippen molar-refractivity contribution in [1.29, 1.82) is 0 Å². The van der Waals surface area contributed by atoms with Crippen molar-refractivity contribution in [3.63, 3.8) is 0 Å². The summed E-state index contributed by atoms with van der Waals surface area (Å²) < 4.78 is 172. The first-order valence-corrected chi connectivity index (χ1v) is 12.9. The Morgan fingerprint density at radius 3 is 1.47 bits per heavy atom. The SMILES string of the molecule is C/C(=C(\C1c2ccccc2Cc2cc3c(cc21)C1C(C(F)(F)F)=C(C(F)(F)F)C3c2ccccc21)C(F)(F)F)C(F)(F)F. The summed E-state index contributed by atoms with van der Waals surface area (Å²) >= 11 is 0. The molecule has 0 saturated heterocycles.